The molecule has 0 radical (unpaired) electrons. The van der Waals surface area contributed by atoms with Crippen LogP contribution in [0.25, 0.3) is 0 Å². The maximum atomic E-state index is 12.7. The highest BCUT2D eigenvalue weighted by Gasteiger charge is 2.28. The summed E-state index contributed by atoms with van der Waals surface area (Å²) in [5.74, 6) is 0.814. The van der Waals surface area contributed by atoms with Crippen molar-refractivity contribution in [3.63, 3.8) is 0 Å². The van der Waals surface area contributed by atoms with E-state index in [-0.39, 0.29) is 11.8 Å². The molecule has 1 saturated heterocycles. The molecular formula is C20H27ClN4O2S. The lowest BCUT2D eigenvalue weighted by molar-refractivity contribution is -0.117. The van der Waals surface area contributed by atoms with Crippen LogP contribution in [0.5, 0.6) is 0 Å². The molecule has 1 saturated carbocycles. The number of thiocarbonyl (C=S) groups is 1. The topological polar surface area (TPSA) is 73.5 Å². The SMILES string of the molecule is C[C@@H]1[C@H](C)CCC[C@H]1NC(=S)NNC(=O)c1ccc(Cl)cc1N1CCCC1=O. The molecule has 0 aromatic heterocycles. The van der Waals surface area contributed by atoms with Crippen LogP contribution in [0, 0.1) is 11.8 Å². The van der Waals surface area contributed by atoms with Gasteiger partial charge in [-0.2, -0.15) is 0 Å². The number of hydrogen-bond acceptors (Lipinski definition) is 3. The number of halogens is 1. The van der Waals surface area contributed by atoms with E-state index in [4.69, 9.17) is 23.8 Å². The lowest BCUT2D eigenvalue weighted by Gasteiger charge is -2.35. The molecule has 3 atom stereocenters. The molecule has 0 bridgehead atoms. The molecule has 2 aliphatic rings. The van der Waals surface area contributed by atoms with Crippen LogP contribution in [0.4, 0.5) is 5.69 Å². The van der Waals surface area contributed by atoms with Gasteiger partial charge in [-0.3, -0.25) is 20.4 Å². The van der Waals surface area contributed by atoms with E-state index in [0.29, 0.717) is 52.2 Å². The first kappa shape index (κ1) is 20.9. The minimum Gasteiger partial charge on any atom is -0.358 e. The predicted octanol–water partition coefficient (Wildman–Crippen LogP) is 3.40. The van der Waals surface area contributed by atoms with Gasteiger partial charge in [-0.05, 0) is 55.1 Å². The van der Waals surface area contributed by atoms with Gasteiger partial charge in [0, 0.05) is 24.0 Å². The van der Waals surface area contributed by atoms with Crippen LogP contribution < -0.4 is 21.1 Å². The van der Waals surface area contributed by atoms with E-state index in [1.165, 1.54) is 12.8 Å². The molecule has 6 nitrogen and oxygen atoms in total. The Bertz CT molecular complexity index is 773. The van der Waals surface area contributed by atoms with Gasteiger partial charge in [0.05, 0.1) is 11.3 Å². The van der Waals surface area contributed by atoms with Crippen molar-refractivity contribution in [2.45, 2.75) is 52.0 Å². The average Bonchev–Trinajstić information content (AvgIpc) is 3.09. The van der Waals surface area contributed by atoms with Gasteiger partial charge in [-0.25, -0.2) is 0 Å². The fourth-order valence-electron chi connectivity index (χ4n) is 3.99. The van der Waals surface area contributed by atoms with Crippen LogP contribution in [0.3, 0.4) is 0 Å². The van der Waals surface area contributed by atoms with E-state index in [1.807, 2.05) is 0 Å². The Balaban J connectivity index is 1.62. The summed E-state index contributed by atoms with van der Waals surface area (Å²) in [6.45, 7) is 5.08. The lowest BCUT2D eigenvalue weighted by Crippen LogP contribution is -2.52. The molecule has 0 unspecified atom stereocenters. The van der Waals surface area contributed by atoms with Gasteiger partial charge in [0.1, 0.15) is 0 Å². The fourth-order valence-corrected chi connectivity index (χ4v) is 4.36. The van der Waals surface area contributed by atoms with Crippen molar-refractivity contribution in [1.82, 2.24) is 16.2 Å². The van der Waals surface area contributed by atoms with E-state index >= 15 is 0 Å². The number of hydrogen-bond donors (Lipinski definition) is 3. The zero-order valence-electron chi connectivity index (χ0n) is 16.3. The highest BCUT2D eigenvalue weighted by molar-refractivity contribution is 7.80. The number of rotatable bonds is 3. The third-order valence-electron chi connectivity index (χ3n) is 5.88. The largest absolute Gasteiger partial charge is 0.358 e. The molecule has 1 aromatic rings. The second-order valence-electron chi connectivity index (χ2n) is 7.74. The maximum Gasteiger partial charge on any atom is 0.271 e. The number of hydrazine groups is 1. The molecule has 0 spiro atoms. The predicted molar refractivity (Wildman–Crippen MR) is 115 cm³/mol. The highest BCUT2D eigenvalue weighted by Crippen LogP contribution is 2.30. The van der Waals surface area contributed by atoms with Crippen LogP contribution in [0.2, 0.25) is 5.02 Å². The summed E-state index contributed by atoms with van der Waals surface area (Å²) in [7, 11) is 0. The first-order valence-electron chi connectivity index (χ1n) is 9.83. The van der Waals surface area contributed by atoms with Crippen LogP contribution >= 0.6 is 23.8 Å². The quantitative estimate of drug-likeness (QED) is 0.514. The Kier molecular flexibility index (Phi) is 6.78. The van der Waals surface area contributed by atoms with Gasteiger partial charge in [-0.1, -0.05) is 38.3 Å². The summed E-state index contributed by atoms with van der Waals surface area (Å²) in [6, 6.07) is 5.22. The highest BCUT2D eigenvalue weighted by atomic mass is 35.5. The minimum atomic E-state index is -0.361. The Morgan fingerprint density at radius 1 is 1.21 bits per heavy atom. The molecule has 1 aliphatic carbocycles. The lowest BCUT2D eigenvalue weighted by atomic mass is 9.78. The number of nitrogens with zero attached hydrogens (tertiary/aromatic N) is 1. The average molecular weight is 423 g/mol. The monoisotopic (exact) mass is 422 g/mol. The summed E-state index contributed by atoms with van der Waals surface area (Å²) in [4.78, 5) is 26.4. The van der Waals surface area contributed by atoms with E-state index < -0.39 is 0 Å². The van der Waals surface area contributed by atoms with Crippen molar-refractivity contribution in [3.8, 4) is 0 Å². The second kappa shape index (κ2) is 9.09. The molecule has 2 amide bonds. The van der Waals surface area contributed by atoms with Crippen LogP contribution in [0.15, 0.2) is 18.2 Å². The van der Waals surface area contributed by atoms with E-state index in [2.05, 4.69) is 30.0 Å². The summed E-state index contributed by atoms with van der Waals surface area (Å²) in [5.41, 5.74) is 6.34. The van der Waals surface area contributed by atoms with Gasteiger partial charge in [-0.15, -0.1) is 0 Å². The first-order valence-corrected chi connectivity index (χ1v) is 10.6. The van der Waals surface area contributed by atoms with Gasteiger partial charge in [0.15, 0.2) is 5.11 Å². The summed E-state index contributed by atoms with van der Waals surface area (Å²) in [6.07, 6.45) is 4.75. The van der Waals surface area contributed by atoms with E-state index in [9.17, 15) is 9.59 Å². The van der Waals surface area contributed by atoms with Crippen molar-refractivity contribution in [3.05, 3.63) is 28.8 Å². The van der Waals surface area contributed by atoms with E-state index in [0.717, 1.165) is 12.8 Å². The third-order valence-corrected chi connectivity index (χ3v) is 6.34. The molecule has 3 N–H and O–H groups in total. The van der Waals surface area contributed by atoms with Crippen molar-refractivity contribution < 1.29 is 9.59 Å². The number of nitrogens with one attached hydrogen (secondary N) is 3. The van der Waals surface area contributed by atoms with Crippen LogP contribution in [0.1, 0.15) is 56.3 Å². The van der Waals surface area contributed by atoms with Gasteiger partial charge < -0.3 is 10.2 Å². The smallest absolute Gasteiger partial charge is 0.271 e. The van der Waals surface area contributed by atoms with Gasteiger partial charge in [0.2, 0.25) is 5.91 Å². The van der Waals surface area contributed by atoms with Crippen LogP contribution in [-0.2, 0) is 4.79 Å². The molecule has 8 heteroatoms. The molecule has 3 rings (SSSR count). The molecular weight excluding hydrogens is 396 g/mol. The van der Waals surface area contributed by atoms with Crippen LogP contribution in [-0.4, -0.2) is 29.5 Å². The molecule has 2 fully saturated rings. The zero-order valence-corrected chi connectivity index (χ0v) is 17.8. The first-order chi connectivity index (χ1) is 13.4. The minimum absolute atomic E-state index is 0.00173. The van der Waals surface area contributed by atoms with Gasteiger partial charge >= 0.3 is 0 Å². The van der Waals surface area contributed by atoms with Crippen molar-refractivity contribution in [2.75, 3.05) is 11.4 Å². The molecule has 1 heterocycles. The maximum absolute atomic E-state index is 12.7. The Morgan fingerprint density at radius 3 is 2.71 bits per heavy atom. The number of carbonyl (C=O) groups is 2. The van der Waals surface area contributed by atoms with Gasteiger partial charge in [0.25, 0.3) is 5.91 Å². The second-order valence-corrected chi connectivity index (χ2v) is 8.58. The summed E-state index contributed by atoms with van der Waals surface area (Å²) >= 11 is 11.4. The molecule has 1 aromatic carbocycles. The Hall–Kier alpha value is -1.86. The molecule has 28 heavy (non-hydrogen) atoms. The fraction of sp³-hybridized carbons (Fsp3) is 0.550. The van der Waals surface area contributed by atoms with Crippen molar-refractivity contribution in [1.29, 1.82) is 0 Å². The van der Waals surface area contributed by atoms with Crippen molar-refractivity contribution in [2.24, 2.45) is 11.8 Å². The number of anilines is 1. The van der Waals surface area contributed by atoms with E-state index in [1.54, 1.807) is 23.1 Å². The summed E-state index contributed by atoms with van der Waals surface area (Å²) in [5, 5.41) is 4.19. The third kappa shape index (κ3) is 4.75. The summed E-state index contributed by atoms with van der Waals surface area (Å²) < 4.78 is 0. The standard InChI is InChI=1S/C20H27ClN4O2S/c1-12-5-3-6-16(13(12)2)22-20(28)24-23-19(27)15-9-8-14(21)11-17(15)25-10-4-7-18(25)26/h8-9,11-13,16H,3-7,10H2,1-2H3,(H,23,27)(H2,22,24,28)/t12-,13-,16-/m1/s1. The molecule has 1 aliphatic heterocycles. The zero-order chi connectivity index (χ0) is 20.3. The number of benzene rings is 1. The number of amides is 2. The molecule has 152 valence electrons. The Morgan fingerprint density at radius 2 is 2.00 bits per heavy atom. The Labute approximate surface area is 176 Å². The van der Waals surface area contributed by atoms with Crippen molar-refractivity contribution >= 4 is 46.4 Å². The normalized spacial score (nSPS) is 24.8. The number of carbonyl (C=O) groups excluding carboxylic acids is 2.